The lowest BCUT2D eigenvalue weighted by Gasteiger charge is -2.20. The van der Waals surface area contributed by atoms with Crippen molar-refractivity contribution in [3.63, 3.8) is 0 Å². The van der Waals surface area contributed by atoms with Crippen molar-refractivity contribution in [1.29, 1.82) is 0 Å². The smallest absolute Gasteiger partial charge is 0.317 e. The monoisotopic (exact) mass is 300 g/mol. The first-order valence-corrected chi connectivity index (χ1v) is 8.67. The maximum absolute atomic E-state index is 12.2. The number of carbonyl (C=O) groups excluding carboxylic acids is 1. The van der Waals surface area contributed by atoms with Gasteiger partial charge in [-0.3, -0.25) is 4.79 Å². The van der Waals surface area contributed by atoms with Gasteiger partial charge in [-0.1, -0.05) is 0 Å². The maximum atomic E-state index is 12.2. The third-order valence-electron chi connectivity index (χ3n) is 4.38. The van der Waals surface area contributed by atoms with Crippen LogP contribution in [0.4, 0.5) is 4.79 Å². The fourth-order valence-corrected chi connectivity index (χ4v) is 3.93. The number of thioether (sulfide) groups is 1. The van der Waals surface area contributed by atoms with Crippen LogP contribution in [0.1, 0.15) is 38.5 Å². The molecular formula is C14H24N2O3S. The molecule has 1 heterocycles. The normalized spacial score (nSPS) is 29.6. The molecule has 1 aliphatic carbocycles. The quantitative estimate of drug-likeness (QED) is 0.816. The summed E-state index contributed by atoms with van der Waals surface area (Å²) < 4.78 is 0. The predicted molar refractivity (Wildman–Crippen MR) is 80.0 cm³/mol. The van der Waals surface area contributed by atoms with Crippen LogP contribution in [0, 0.1) is 5.92 Å². The molecule has 20 heavy (non-hydrogen) atoms. The maximum Gasteiger partial charge on any atom is 0.317 e. The van der Waals surface area contributed by atoms with Gasteiger partial charge >= 0.3 is 12.0 Å². The highest BCUT2D eigenvalue weighted by molar-refractivity contribution is 7.99. The lowest BCUT2D eigenvalue weighted by atomic mass is 10.0. The number of amides is 2. The molecule has 1 aliphatic heterocycles. The topological polar surface area (TPSA) is 69.6 Å². The van der Waals surface area contributed by atoms with E-state index in [1.165, 1.54) is 6.42 Å². The van der Waals surface area contributed by atoms with E-state index in [1.54, 1.807) is 0 Å². The largest absolute Gasteiger partial charge is 0.481 e. The highest BCUT2D eigenvalue weighted by atomic mass is 32.2. The molecule has 2 amide bonds. The van der Waals surface area contributed by atoms with Gasteiger partial charge < -0.3 is 15.3 Å². The Kier molecular flexibility index (Phi) is 5.57. The molecule has 0 radical (unpaired) electrons. The minimum Gasteiger partial charge on any atom is -0.481 e. The van der Waals surface area contributed by atoms with E-state index in [2.05, 4.69) is 11.6 Å². The average molecular weight is 300 g/mol. The van der Waals surface area contributed by atoms with Crippen molar-refractivity contribution in [2.75, 3.05) is 19.3 Å². The Balaban J connectivity index is 1.70. The Morgan fingerprint density at radius 1 is 1.35 bits per heavy atom. The molecule has 5 nitrogen and oxygen atoms in total. The summed E-state index contributed by atoms with van der Waals surface area (Å²) in [4.78, 5) is 24.6. The molecule has 3 unspecified atom stereocenters. The molecule has 0 aromatic heterocycles. The molecule has 2 N–H and O–H groups in total. The third kappa shape index (κ3) is 4.30. The molecule has 1 saturated heterocycles. The molecule has 2 rings (SSSR count). The van der Waals surface area contributed by atoms with E-state index < -0.39 is 5.97 Å². The van der Waals surface area contributed by atoms with Crippen LogP contribution in [0.5, 0.6) is 0 Å². The molecule has 1 saturated carbocycles. The van der Waals surface area contributed by atoms with Crippen LogP contribution >= 0.6 is 11.8 Å². The summed E-state index contributed by atoms with van der Waals surface area (Å²) in [7, 11) is 0. The van der Waals surface area contributed by atoms with Crippen LogP contribution in [-0.2, 0) is 4.79 Å². The SMILES string of the molecule is CSC1CCC(NC(=O)N2CCC(CCC(=O)O)C2)C1. The molecular weight excluding hydrogens is 276 g/mol. The van der Waals surface area contributed by atoms with Crippen molar-refractivity contribution in [2.45, 2.75) is 49.8 Å². The second kappa shape index (κ2) is 7.20. The van der Waals surface area contributed by atoms with E-state index in [4.69, 9.17) is 5.11 Å². The van der Waals surface area contributed by atoms with Crippen molar-refractivity contribution in [2.24, 2.45) is 5.92 Å². The van der Waals surface area contributed by atoms with Gasteiger partial charge in [0.15, 0.2) is 0 Å². The van der Waals surface area contributed by atoms with Gasteiger partial charge in [-0.2, -0.15) is 11.8 Å². The predicted octanol–water partition coefficient (Wildman–Crippen LogP) is 2.17. The standard InChI is InChI=1S/C14H24N2O3S/c1-20-12-4-3-11(8-12)15-14(19)16-7-6-10(9-16)2-5-13(17)18/h10-12H,2-9H2,1H3,(H,15,19)(H,17,18). The Hall–Kier alpha value is -0.910. The van der Waals surface area contributed by atoms with Crippen LogP contribution in [0.2, 0.25) is 0 Å². The van der Waals surface area contributed by atoms with Crippen LogP contribution < -0.4 is 5.32 Å². The number of hydrogen-bond donors (Lipinski definition) is 2. The van der Waals surface area contributed by atoms with Gasteiger partial charge in [-0.05, 0) is 44.3 Å². The fraction of sp³-hybridized carbons (Fsp3) is 0.857. The fourth-order valence-electron chi connectivity index (χ4n) is 3.13. The number of nitrogens with zero attached hydrogens (tertiary/aromatic N) is 1. The molecule has 0 spiro atoms. The average Bonchev–Trinajstić information content (AvgIpc) is 3.04. The van der Waals surface area contributed by atoms with Gasteiger partial charge in [0.25, 0.3) is 0 Å². The summed E-state index contributed by atoms with van der Waals surface area (Å²) in [5.41, 5.74) is 0. The van der Waals surface area contributed by atoms with E-state index in [0.717, 1.165) is 25.8 Å². The molecule has 2 aliphatic rings. The lowest BCUT2D eigenvalue weighted by Crippen LogP contribution is -2.43. The summed E-state index contributed by atoms with van der Waals surface area (Å²) >= 11 is 1.88. The van der Waals surface area contributed by atoms with Crippen LogP contribution in [-0.4, -0.2) is 52.6 Å². The number of carbonyl (C=O) groups is 2. The molecule has 114 valence electrons. The molecule has 0 bridgehead atoms. The van der Waals surface area contributed by atoms with Crippen molar-refractivity contribution in [1.82, 2.24) is 10.2 Å². The van der Waals surface area contributed by atoms with Gasteiger partial charge in [0, 0.05) is 30.8 Å². The number of likely N-dealkylation sites (tertiary alicyclic amines) is 1. The Labute approximate surface area is 124 Å². The van der Waals surface area contributed by atoms with Crippen LogP contribution in [0.15, 0.2) is 0 Å². The zero-order valence-corrected chi connectivity index (χ0v) is 12.8. The summed E-state index contributed by atoms with van der Waals surface area (Å²) in [6, 6.07) is 0.354. The number of carboxylic acids is 1. The third-order valence-corrected chi connectivity index (χ3v) is 5.48. The van der Waals surface area contributed by atoms with E-state index in [1.807, 2.05) is 16.7 Å². The second-order valence-corrected chi connectivity index (χ2v) is 6.99. The lowest BCUT2D eigenvalue weighted by molar-refractivity contribution is -0.137. The highest BCUT2D eigenvalue weighted by Gasteiger charge is 2.30. The Morgan fingerprint density at radius 2 is 2.15 bits per heavy atom. The summed E-state index contributed by atoms with van der Waals surface area (Å²) in [5.74, 6) is -0.402. The van der Waals surface area contributed by atoms with E-state index in [0.29, 0.717) is 30.2 Å². The first-order chi connectivity index (χ1) is 9.58. The van der Waals surface area contributed by atoms with Crippen molar-refractivity contribution in [3.8, 4) is 0 Å². The summed E-state index contributed by atoms with van der Waals surface area (Å²) in [6.45, 7) is 1.46. The van der Waals surface area contributed by atoms with Gasteiger partial charge in [-0.15, -0.1) is 0 Å². The van der Waals surface area contributed by atoms with Crippen molar-refractivity contribution in [3.05, 3.63) is 0 Å². The van der Waals surface area contributed by atoms with Crippen LogP contribution in [0.3, 0.4) is 0 Å². The van der Waals surface area contributed by atoms with Gasteiger partial charge in [0.05, 0.1) is 0 Å². The number of aliphatic carboxylic acids is 1. The zero-order chi connectivity index (χ0) is 14.5. The van der Waals surface area contributed by atoms with E-state index >= 15 is 0 Å². The first-order valence-electron chi connectivity index (χ1n) is 7.38. The number of carboxylic acid groups (broad SMARTS) is 1. The Morgan fingerprint density at radius 3 is 2.80 bits per heavy atom. The van der Waals surface area contributed by atoms with E-state index in [9.17, 15) is 9.59 Å². The highest BCUT2D eigenvalue weighted by Crippen LogP contribution is 2.28. The van der Waals surface area contributed by atoms with Gasteiger partial charge in [0.2, 0.25) is 0 Å². The van der Waals surface area contributed by atoms with Gasteiger partial charge in [-0.25, -0.2) is 4.79 Å². The number of urea groups is 1. The van der Waals surface area contributed by atoms with Crippen LogP contribution in [0.25, 0.3) is 0 Å². The van der Waals surface area contributed by atoms with Gasteiger partial charge in [0.1, 0.15) is 0 Å². The zero-order valence-electron chi connectivity index (χ0n) is 12.0. The van der Waals surface area contributed by atoms with E-state index in [-0.39, 0.29) is 12.5 Å². The van der Waals surface area contributed by atoms with Crippen molar-refractivity contribution < 1.29 is 14.7 Å². The molecule has 0 aromatic rings. The molecule has 2 fully saturated rings. The number of rotatable bonds is 5. The molecule has 0 aromatic carbocycles. The van der Waals surface area contributed by atoms with Crippen molar-refractivity contribution >= 4 is 23.8 Å². The minimum atomic E-state index is -0.748. The summed E-state index contributed by atoms with van der Waals surface area (Å²) in [6.07, 6.45) is 7.28. The number of hydrogen-bond acceptors (Lipinski definition) is 3. The first kappa shape index (κ1) is 15.5. The summed E-state index contributed by atoms with van der Waals surface area (Å²) in [5, 5.41) is 12.5. The Bertz CT molecular complexity index is 364. The molecule has 3 atom stereocenters. The minimum absolute atomic E-state index is 0.0366. The second-order valence-electron chi connectivity index (χ2n) is 5.85. The molecule has 6 heteroatoms. The number of nitrogens with one attached hydrogen (secondary N) is 1.